The van der Waals surface area contributed by atoms with Crippen LogP contribution in [0.25, 0.3) is 0 Å². The van der Waals surface area contributed by atoms with Gasteiger partial charge >= 0.3 is 0 Å². The van der Waals surface area contributed by atoms with E-state index in [0.717, 1.165) is 18.3 Å². The van der Waals surface area contributed by atoms with Crippen molar-refractivity contribution in [2.45, 2.75) is 32.3 Å². The average Bonchev–Trinajstić information content (AvgIpc) is 2.25. The number of aliphatic hydroxyl groups is 1. The second kappa shape index (κ2) is 1.72. The first kappa shape index (κ1) is 5.72. The molecule has 1 N–H and O–H groups in total. The molecule has 52 valence electrons. The van der Waals surface area contributed by atoms with E-state index in [-0.39, 0.29) is 6.10 Å². The summed E-state index contributed by atoms with van der Waals surface area (Å²) in [6, 6.07) is 0. The van der Waals surface area contributed by atoms with Crippen LogP contribution >= 0.6 is 0 Å². The van der Waals surface area contributed by atoms with Crippen molar-refractivity contribution < 1.29 is 5.11 Å². The fourth-order valence-corrected chi connectivity index (χ4v) is 2.64. The summed E-state index contributed by atoms with van der Waals surface area (Å²) >= 11 is 0. The van der Waals surface area contributed by atoms with Gasteiger partial charge in [0.05, 0.1) is 6.10 Å². The summed E-state index contributed by atoms with van der Waals surface area (Å²) in [5, 5.41) is 9.39. The average molecular weight is 126 g/mol. The highest BCUT2D eigenvalue weighted by molar-refractivity contribution is 4.94. The third kappa shape index (κ3) is 0.644. The molecule has 0 amide bonds. The molecular weight excluding hydrogens is 112 g/mol. The van der Waals surface area contributed by atoms with Gasteiger partial charge in [0.15, 0.2) is 0 Å². The molecule has 0 unspecified atom stereocenters. The Morgan fingerprint density at radius 1 is 1.33 bits per heavy atom. The molecule has 0 aliphatic heterocycles. The molecule has 2 fully saturated rings. The van der Waals surface area contributed by atoms with Crippen LogP contribution in [0.3, 0.4) is 0 Å². The Balaban J connectivity index is 2.16. The first-order valence-electron chi connectivity index (χ1n) is 3.97. The predicted octanol–water partition coefficient (Wildman–Crippen LogP) is 1.41. The highest BCUT2D eigenvalue weighted by atomic mass is 16.3. The lowest BCUT2D eigenvalue weighted by molar-refractivity contribution is 0.108. The van der Waals surface area contributed by atoms with Gasteiger partial charge in [-0.1, -0.05) is 6.92 Å². The van der Waals surface area contributed by atoms with Gasteiger partial charge in [-0.15, -0.1) is 0 Å². The Bertz CT molecular complexity index is 122. The molecule has 9 heavy (non-hydrogen) atoms. The van der Waals surface area contributed by atoms with Gasteiger partial charge in [-0.3, -0.25) is 0 Å². The maximum absolute atomic E-state index is 9.39. The molecular formula is C8H14O. The molecule has 0 radical (unpaired) electrons. The molecule has 1 nitrogen and oxygen atoms in total. The summed E-state index contributed by atoms with van der Waals surface area (Å²) < 4.78 is 0. The number of aliphatic hydroxyl groups excluding tert-OH is 1. The highest BCUT2D eigenvalue weighted by Crippen LogP contribution is 2.48. The van der Waals surface area contributed by atoms with Crippen molar-refractivity contribution in [3.63, 3.8) is 0 Å². The Hall–Kier alpha value is -0.0400. The molecule has 0 spiro atoms. The lowest BCUT2D eigenvalue weighted by Gasteiger charge is -2.14. The molecule has 0 aromatic heterocycles. The van der Waals surface area contributed by atoms with Gasteiger partial charge in [0.2, 0.25) is 0 Å². The molecule has 0 aromatic carbocycles. The van der Waals surface area contributed by atoms with E-state index in [2.05, 4.69) is 6.92 Å². The van der Waals surface area contributed by atoms with Crippen LogP contribution in [0.4, 0.5) is 0 Å². The maximum Gasteiger partial charge on any atom is 0.0573 e. The zero-order valence-corrected chi connectivity index (χ0v) is 5.88. The van der Waals surface area contributed by atoms with Crippen molar-refractivity contribution >= 4 is 0 Å². The highest BCUT2D eigenvalue weighted by Gasteiger charge is 2.44. The molecule has 1 heteroatoms. The van der Waals surface area contributed by atoms with Gasteiger partial charge in [0.25, 0.3) is 0 Å². The van der Waals surface area contributed by atoms with Crippen LogP contribution in [0, 0.1) is 17.8 Å². The molecule has 2 aliphatic rings. The van der Waals surface area contributed by atoms with Gasteiger partial charge in [-0.2, -0.15) is 0 Å². The minimum atomic E-state index is 0.0544. The van der Waals surface area contributed by atoms with Crippen molar-refractivity contribution in [1.29, 1.82) is 0 Å². The van der Waals surface area contributed by atoms with Crippen molar-refractivity contribution in [1.82, 2.24) is 0 Å². The molecule has 4 atom stereocenters. The largest absolute Gasteiger partial charge is 0.393 e. The van der Waals surface area contributed by atoms with E-state index in [1.807, 2.05) is 0 Å². The monoisotopic (exact) mass is 126 g/mol. The number of fused-ring (bicyclic) bond motifs is 2. The topological polar surface area (TPSA) is 20.2 Å². The molecule has 2 saturated carbocycles. The Morgan fingerprint density at radius 2 is 2.11 bits per heavy atom. The number of hydrogen-bond acceptors (Lipinski definition) is 1. The Labute approximate surface area is 56.1 Å². The number of rotatable bonds is 0. The van der Waals surface area contributed by atoms with Crippen LogP contribution in [-0.4, -0.2) is 11.2 Å². The second-order valence-electron chi connectivity index (χ2n) is 3.66. The van der Waals surface area contributed by atoms with Crippen LogP contribution < -0.4 is 0 Å². The van der Waals surface area contributed by atoms with E-state index in [1.165, 1.54) is 12.8 Å². The molecule has 0 aromatic rings. The van der Waals surface area contributed by atoms with Crippen LogP contribution in [0.5, 0.6) is 0 Å². The first-order valence-corrected chi connectivity index (χ1v) is 3.97. The third-order valence-electron chi connectivity index (χ3n) is 3.33. The summed E-state index contributed by atoms with van der Waals surface area (Å²) in [6.07, 6.45) is 3.81. The van der Waals surface area contributed by atoms with Crippen molar-refractivity contribution in [3.05, 3.63) is 0 Å². The van der Waals surface area contributed by atoms with E-state index < -0.39 is 0 Å². The SMILES string of the molecule is C[C@H]1[C@@H]2CC[C@H]1[C@H](O)C2. The van der Waals surface area contributed by atoms with E-state index >= 15 is 0 Å². The van der Waals surface area contributed by atoms with Crippen LogP contribution in [0.15, 0.2) is 0 Å². The fourth-order valence-electron chi connectivity index (χ4n) is 2.64. The standard InChI is InChI=1S/C8H14O/c1-5-6-2-3-7(5)8(9)4-6/h5-9H,2-4H2,1H3/t5-,6+,7+,8+/m0/s1. The van der Waals surface area contributed by atoms with Gasteiger partial charge in [0.1, 0.15) is 0 Å². The van der Waals surface area contributed by atoms with Crippen molar-refractivity contribution in [3.8, 4) is 0 Å². The maximum atomic E-state index is 9.39. The molecule has 0 saturated heterocycles. The Kier molecular flexibility index (Phi) is 1.10. The van der Waals surface area contributed by atoms with Gasteiger partial charge in [-0.25, -0.2) is 0 Å². The minimum Gasteiger partial charge on any atom is -0.393 e. The summed E-state index contributed by atoms with van der Waals surface area (Å²) in [6.45, 7) is 2.29. The van der Waals surface area contributed by atoms with Crippen LogP contribution in [0.1, 0.15) is 26.2 Å². The van der Waals surface area contributed by atoms with E-state index in [4.69, 9.17) is 0 Å². The normalized spacial score (nSPS) is 56.7. The van der Waals surface area contributed by atoms with E-state index in [0.29, 0.717) is 5.92 Å². The molecule has 2 bridgehead atoms. The zero-order valence-electron chi connectivity index (χ0n) is 5.88. The lowest BCUT2D eigenvalue weighted by Crippen LogP contribution is -2.16. The van der Waals surface area contributed by atoms with Crippen molar-refractivity contribution in [2.75, 3.05) is 0 Å². The zero-order chi connectivity index (χ0) is 6.43. The summed E-state index contributed by atoms with van der Waals surface area (Å²) in [5.74, 6) is 2.35. The van der Waals surface area contributed by atoms with Crippen molar-refractivity contribution in [2.24, 2.45) is 17.8 Å². The fraction of sp³-hybridized carbons (Fsp3) is 1.00. The third-order valence-corrected chi connectivity index (χ3v) is 3.33. The molecule has 0 heterocycles. The number of hydrogen-bond donors (Lipinski definition) is 1. The van der Waals surface area contributed by atoms with Gasteiger partial charge < -0.3 is 5.11 Å². The summed E-state index contributed by atoms with van der Waals surface area (Å²) in [4.78, 5) is 0. The lowest BCUT2D eigenvalue weighted by atomic mass is 9.98. The second-order valence-corrected chi connectivity index (χ2v) is 3.66. The van der Waals surface area contributed by atoms with Crippen LogP contribution in [-0.2, 0) is 0 Å². The molecule has 2 rings (SSSR count). The Morgan fingerprint density at radius 3 is 2.33 bits per heavy atom. The summed E-state index contributed by atoms with van der Waals surface area (Å²) in [5.41, 5.74) is 0. The predicted molar refractivity (Wildman–Crippen MR) is 36.0 cm³/mol. The van der Waals surface area contributed by atoms with E-state index in [9.17, 15) is 5.11 Å². The van der Waals surface area contributed by atoms with Gasteiger partial charge in [-0.05, 0) is 37.0 Å². The minimum absolute atomic E-state index is 0.0544. The molecule has 2 aliphatic carbocycles. The summed E-state index contributed by atoms with van der Waals surface area (Å²) in [7, 11) is 0. The first-order chi connectivity index (χ1) is 4.29. The van der Waals surface area contributed by atoms with Crippen LogP contribution in [0.2, 0.25) is 0 Å². The quantitative estimate of drug-likeness (QED) is 0.520. The van der Waals surface area contributed by atoms with Gasteiger partial charge in [0, 0.05) is 0 Å². The smallest absolute Gasteiger partial charge is 0.0573 e. The van der Waals surface area contributed by atoms with E-state index in [1.54, 1.807) is 0 Å².